The van der Waals surface area contributed by atoms with Gasteiger partial charge in [-0.3, -0.25) is 9.69 Å². The highest BCUT2D eigenvalue weighted by Crippen LogP contribution is 2.22. The van der Waals surface area contributed by atoms with E-state index in [4.69, 9.17) is 9.84 Å². The van der Waals surface area contributed by atoms with E-state index in [-0.39, 0.29) is 11.8 Å². The van der Waals surface area contributed by atoms with Crippen molar-refractivity contribution >= 4 is 5.97 Å². The lowest BCUT2D eigenvalue weighted by Crippen LogP contribution is -2.42. The van der Waals surface area contributed by atoms with Crippen molar-refractivity contribution in [1.29, 1.82) is 0 Å². The molecule has 0 amide bonds. The summed E-state index contributed by atoms with van der Waals surface area (Å²) in [6, 6.07) is 0. The predicted octanol–water partition coefficient (Wildman–Crippen LogP) is 0.820. The Morgan fingerprint density at radius 1 is 1.43 bits per heavy atom. The van der Waals surface area contributed by atoms with Crippen molar-refractivity contribution in [1.82, 2.24) is 4.90 Å². The van der Waals surface area contributed by atoms with Crippen molar-refractivity contribution in [2.45, 2.75) is 20.3 Å². The smallest absolute Gasteiger partial charge is 0.303 e. The van der Waals surface area contributed by atoms with Crippen LogP contribution >= 0.6 is 0 Å². The Hall–Kier alpha value is -0.610. The third-order valence-electron chi connectivity index (χ3n) is 2.39. The van der Waals surface area contributed by atoms with Crippen molar-refractivity contribution in [3.8, 4) is 0 Å². The van der Waals surface area contributed by atoms with Crippen LogP contribution in [0, 0.1) is 5.41 Å². The molecular weight excluding hydrogens is 182 g/mol. The van der Waals surface area contributed by atoms with Gasteiger partial charge in [-0.2, -0.15) is 0 Å². The lowest BCUT2D eigenvalue weighted by molar-refractivity contribution is -0.139. The molecule has 0 aliphatic carbocycles. The van der Waals surface area contributed by atoms with E-state index in [9.17, 15) is 4.79 Å². The van der Waals surface area contributed by atoms with Crippen molar-refractivity contribution in [3.05, 3.63) is 0 Å². The van der Waals surface area contributed by atoms with Crippen LogP contribution in [0.15, 0.2) is 0 Å². The molecule has 82 valence electrons. The van der Waals surface area contributed by atoms with Crippen LogP contribution in [-0.2, 0) is 9.53 Å². The number of nitrogens with zero attached hydrogens (tertiary/aromatic N) is 1. The van der Waals surface area contributed by atoms with Gasteiger partial charge in [0.2, 0.25) is 0 Å². The Morgan fingerprint density at radius 3 is 2.50 bits per heavy atom. The molecule has 0 aromatic rings. The predicted molar refractivity (Wildman–Crippen MR) is 53.3 cm³/mol. The van der Waals surface area contributed by atoms with E-state index in [1.807, 2.05) is 13.8 Å². The molecule has 0 spiro atoms. The summed E-state index contributed by atoms with van der Waals surface area (Å²) in [5.74, 6) is -0.719. The quantitative estimate of drug-likeness (QED) is 0.731. The van der Waals surface area contributed by atoms with E-state index in [1.165, 1.54) is 0 Å². The fourth-order valence-electron chi connectivity index (χ4n) is 1.83. The van der Waals surface area contributed by atoms with Gasteiger partial charge in [0.05, 0.1) is 19.6 Å². The second kappa shape index (κ2) is 4.75. The van der Waals surface area contributed by atoms with Gasteiger partial charge in [-0.05, 0) is 5.41 Å². The molecule has 0 unspecified atom stereocenters. The number of morpholine rings is 1. The molecular formula is C10H19NO3. The van der Waals surface area contributed by atoms with Crippen LogP contribution in [0.3, 0.4) is 0 Å². The van der Waals surface area contributed by atoms with Crippen LogP contribution in [0.4, 0.5) is 0 Å². The molecule has 1 aliphatic rings. The largest absolute Gasteiger partial charge is 0.481 e. The molecule has 14 heavy (non-hydrogen) atoms. The third kappa shape index (κ3) is 4.07. The Balaban J connectivity index is 2.36. The van der Waals surface area contributed by atoms with Gasteiger partial charge in [0.25, 0.3) is 0 Å². The number of carboxylic acids is 1. The average molecular weight is 201 g/mol. The first-order chi connectivity index (χ1) is 6.49. The van der Waals surface area contributed by atoms with Gasteiger partial charge in [0, 0.05) is 19.6 Å². The monoisotopic (exact) mass is 201 g/mol. The molecule has 1 fully saturated rings. The second-order valence-corrected chi connectivity index (χ2v) is 4.62. The lowest BCUT2D eigenvalue weighted by Gasteiger charge is -2.33. The molecule has 0 atom stereocenters. The molecule has 0 aromatic carbocycles. The van der Waals surface area contributed by atoms with Gasteiger partial charge in [-0.15, -0.1) is 0 Å². The van der Waals surface area contributed by atoms with Gasteiger partial charge in [-0.1, -0.05) is 13.8 Å². The molecule has 0 saturated carbocycles. The molecule has 0 radical (unpaired) electrons. The highest BCUT2D eigenvalue weighted by molar-refractivity contribution is 5.67. The number of hydrogen-bond acceptors (Lipinski definition) is 3. The van der Waals surface area contributed by atoms with Crippen LogP contribution in [0.25, 0.3) is 0 Å². The average Bonchev–Trinajstić information content (AvgIpc) is 2.02. The normalized spacial score (nSPS) is 19.6. The summed E-state index contributed by atoms with van der Waals surface area (Å²) in [6.07, 6.45) is 0.227. The Kier molecular flexibility index (Phi) is 3.89. The number of hydrogen-bond donors (Lipinski definition) is 1. The van der Waals surface area contributed by atoms with Crippen LogP contribution < -0.4 is 0 Å². The van der Waals surface area contributed by atoms with Gasteiger partial charge in [-0.25, -0.2) is 0 Å². The maximum Gasteiger partial charge on any atom is 0.303 e. The van der Waals surface area contributed by atoms with Crippen LogP contribution in [0.2, 0.25) is 0 Å². The third-order valence-corrected chi connectivity index (χ3v) is 2.39. The molecule has 1 saturated heterocycles. The standard InChI is InChI=1S/C10H19NO3/c1-10(2,7-9(12)13)8-11-3-5-14-6-4-11/h3-8H2,1-2H3,(H,12,13). The molecule has 1 N–H and O–H groups in total. The first-order valence-corrected chi connectivity index (χ1v) is 5.01. The maximum absolute atomic E-state index is 10.6. The summed E-state index contributed by atoms with van der Waals surface area (Å²) < 4.78 is 5.24. The first kappa shape index (κ1) is 11.5. The summed E-state index contributed by atoms with van der Waals surface area (Å²) in [7, 11) is 0. The Morgan fingerprint density at radius 2 is 2.00 bits per heavy atom. The van der Waals surface area contributed by atoms with Gasteiger partial charge in [0.15, 0.2) is 0 Å². The van der Waals surface area contributed by atoms with E-state index in [1.54, 1.807) is 0 Å². The van der Waals surface area contributed by atoms with Crippen molar-refractivity contribution in [2.75, 3.05) is 32.8 Å². The van der Waals surface area contributed by atoms with Gasteiger partial charge in [0.1, 0.15) is 0 Å². The summed E-state index contributed by atoms with van der Waals surface area (Å²) >= 11 is 0. The van der Waals surface area contributed by atoms with Crippen molar-refractivity contribution in [3.63, 3.8) is 0 Å². The first-order valence-electron chi connectivity index (χ1n) is 5.01. The van der Waals surface area contributed by atoms with E-state index < -0.39 is 5.97 Å². The van der Waals surface area contributed by atoms with E-state index >= 15 is 0 Å². The molecule has 0 bridgehead atoms. The fourth-order valence-corrected chi connectivity index (χ4v) is 1.83. The molecule has 0 aromatic heterocycles. The van der Waals surface area contributed by atoms with Gasteiger partial charge < -0.3 is 9.84 Å². The van der Waals surface area contributed by atoms with Crippen LogP contribution in [0.1, 0.15) is 20.3 Å². The molecule has 4 heteroatoms. The van der Waals surface area contributed by atoms with Crippen LogP contribution in [-0.4, -0.2) is 48.8 Å². The summed E-state index contributed by atoms with van der Waals surface area (Å²) in [4.78, 5) is 12.9. The minimum absolute atomic E-state index is 0.150. The zero-order valence-electron chi connectivity index (χ0n) is 8.95. The summed E-state index contributed by atoms with van der Waals surface area (Å²) in [5, 5.41) is 8.74. The zero-order valence-corrected chi connectivity index (χ0v) is 8.95. The zero-order chi connectivity index (χ0) is 10.6. The highest BCUT2D eigenvalue weighted by atomic mass is 16.5. The molecule has 1 aliphatic heterocycles. The minimum Gasteiger partial charge on any atom is -0.481 e. The number of rotatable bonds is 4. The fraction of sp³-hybridized carbons (Fsp3) is 0.900. The molecule has 1 heterocycles. The van der Waals surface area contributed by atoms with Gasteiger partial charge >= 0.3 is 5.97 Å². The number of carboxylic acid groups (broad SMARTS) is 1. The van der Waals surface area contributed by atoms with Crippen molar-refractivity contribution < 1.29 is 14.6 Å². The van der Waals surface area contributed by atoms with Crippen LogP contribution in [0.5, 0.6) is 0 Å². The van der Waals surface area contributed by atoms with E-state index in [0.717, 1.165) is 32.8 Å². The van der Waals surface area contributed by atoms with Crippen molar-refractivity contribution in [2.24, 2.45) is 5.41 Å². The summed E-state index contributed by atoms with van der Waals surface area (Å²) in [6.45, 7) is 8.20. The number of carbonyl (C=O) groups is 1. The Bertz CT molecular complexity index is 198. The topological polar surface area (TPSA) is 49.8 Å². The van der Waals surface area contributed by atoms with E-state index in [2.05, 4.69) is 4.90 Å². The minimum atomic E-state index is -0.719. The molecule has 4 nitrogen and oxygen atoms in total. The summed E-state index contributed by atoms with van der Waals surface area (Å²) in [5.41, 5.74) is -0.150. The van der Waals surface area contributed by atoms with E-state index in [0.29, 0.717) is 0 Å². The number of aliphatic carboxylic acids is 1. The second-order valence-electron chi connectivity index (χ2n) is 4.62. The highest BCUT2D eigenvalue weighted by Gasteiger charge is 2.25. The molecule has 1 rings (SSSR count). The lowest BCUT2D eigenvalue weighted by atomic mass is 9.88. The number of ether oxygens (including phenoxy) is 1. The maximum atomic E-state index is 10.6. The Labute approximate surface area is 84.8 Å². The SMILES string of the molecule is CC(C)(CC(=O)O)CN1CCOCC1.